The number of ether oxygens (including phenoxy) is 1. The molecule has 0 unspecified atom stereocenters. The van der Waals surface area contributed by atoms with Gasteiger partial charge in [-0.2, -0.15) is 0 Å². The van der Waals surface area contributed by atoms with E-state index in [0.29, 0.717) is 17.8 Å². The fourth-order valence-electron chi connectivity index (χ4n) is 2.20. The van der Waals surface area contributed by atoms with Crippen molar-refractivity contribution in [3.63, 3.8) is 0 Å². The first-order chi connectivity index (χ1) is 12.3. The number of hydrogen-bond acceptors (Lipinski definition) is 4. The van der Waals surface area contributed by atoms with E-state index in [9.17, 15) is 14.4 Å². The summed E-state index contributed by atoms with van der Waals surface area (Å²) in [6, 6.07) is 15.7. The summed E-state index contributed by atoms with van der Waals surface area (Å²) in [5, 5.41) is 5.47. The molecule has 2 rings (SSSR count). The summed E-state index contributed by atoms with van der Waals surface area (Å²) >= 11 is 0. The molecule has 0 fully saturated rings. The van der Waals surface area contributed by atoms with E-state index in [2.05, 4.69) is 15.4 Å². The zero-order valence-electron chi connectivity index (χ0n) is 15.0. The summed E-state index contributed by atoms with van der Waals surface area (Å²) in [6.07, 6.45) is 0. The van der Waals surface area contributed by atoms with Crippen LogP contribution in [0.3, 0.4) is 0 Å². The van der Waals surface area contributed by atoms with Crippen molar-refractivity contribution in [1.82, 2.24) is 5.32 Å². The Morgan fingerprint density at radius 1 is 0.923 bits per heavy atom. The predicted octanol–water partition coefficient (Wildman–Crippen LogP) is 2.75. The van der Waals surface area contributed by atoms with E-state index in [1.807, 2.05) is 30.3 Å². The highest BCUT2D eigenvalue weighted by Crippen LogP contribution is 2.20. The number of carbonyl (C=O) groups is 3. The van der Waals surface area contributed by atoms with E-state index in [-0.39, 0.29) is 5.91 Å². The minimum atomic E-state index is -1.25. The van der Waals surface area contributed by atoms with Gasteiger partial charge in [0.05, 0.1) is 12.7 Å². The molecule has 0 heterocycles. The number of methoxy groups -OCH3 is 1. The van der Waals surface area contributed by atoms with E-state index < -0.39 is 17.3 Å². The summed E-state index contributed by atoms with van der Waals surface area (Å²) < 4.78 is 4.63. The quantitative estimate of drug-likeness (QED) is 0.617. The molecule has 0 aliphatic carbocycles. The summed E-state index contributed by atoms with van der Waals surface area (Å²) in [4.78, 5) is 36.3. The van der Waals surface area contributed by atoms with Gasteiger partial charge in [0.25, 0.3) is 0 Å². The van der Waals surface area contributed by atoms with Crippen molar-refractivity contribution >= 4 is 23.5 Å². The van der Waals surface area contributed by atoms with Gasteiger partial charge in [-0.05, 0) is 43.7 Å². The molecular formula is C20H22N2O4. The van der Waals surface area contributed by atoms with Crippen LogP contribution in [0.4, 0.5) is 5.69 Å². The van der Waals surface area contributed by atoms with Crippen molar-refractivity contribution in [3.05, 3.63) is 65.7 Å². The van der Waals surface area contributed by atoms with Gasteiger partial charge in [-0.3, -0.25) is 9.59 Å². The van der Waals surface area contributed by atoms with Gasteiger partial charge in [-0.25, -0.2) is 4.79 Å². The minimum Gasteiger partial charge on any atom is -0.465 e. The van der Waals surface area contributed by atoms with Crippen LogP contribution in [0.5, 0.6) is 0 Å². The smallest absolute Gasteiger partial charge is 0.337 e. The molecule has 136 valence electrons. The topological polar surface area (TPSA) is 84.5 Å². The first kappa shape index (κ1) is 19.2. The number of carbonyl (C=O) groups excluding carboxylic acids is 3. The lowest BCUT2D eigenvalue weighted by atomic mass is 9.90. The number of benzene rings is 2. The van der Waals surface area contributed by atoms with Crippen LogP contribution in [-0.2, 0) is 20.9 Å². The summed E-state index contributed by atoms with van der Waals surface area (Å²) in [5.74, 6) is -1.26. The molecule has 0 atom stereocenters. The number of hydrogen-bond donors (Lipinski definition) is 2. The van der Waals surface area contributed by atoms with Crippen LogP contribution < -0.4 is 10.6 Å². The highest BCUT2D eigenvalue weighted by Gasteiger charge is 2.35. The van der Waals surface area contributed by atoms with Gasteiger partial charge in [0.15, 0.2) is 0 Å². The fraction of sp³-hybridized carbons (Fsp3) is 0.250. The first-order valence-corrected chi connectivity index (χ1v) is 8.16. The van der Waals surface area contributed by atoms with Crippen LogP contribution in [0, 0.1) is 5.41 Å². The molecule has 0 bridgehead atoms. The predicted molar refractivity (Wildman–Crippen MR) is 98.5 cm³/mol. The molecule has 2 amide bonds. The molecule has 2 N–H and O–H groups in total. The molecule has 26 heavy (non-hydrogen) atoms. The Labute approximate surface area is 152 Å². The molecular weight excluding hydrogens is 332 g/mol. The van der Waals surface area contributed by atoms with Crippen molar-refractivity contribution < 1.29 is 19.1 Å². The number of anilines is 1. The SMILES string of the molecule is COC(=O)c1ccc(NC(=O)C(C)(C)C(=O)NCc2ccccc2)cc1. The Morgan fingerprint density at radius 3 is 2.12 bits per heavy atom. The number of rotatable bonds is 6. The molecule has 0 saturated heterocycles. The zero-order chi connectivity index (χ0) is 19.2. The normalized spacial score (nSPS) is 10.7. The lowest BCUT2D eigenvalue weighted by Crippen LogP contribution is -2.44. The molecule has 0 aromatic heterocycles. The average molecular weight is 354 g/mol. The fourth-order valence-corrected chi connectivity index (χ4v) is 2.20. The maximum Gasteiger partial charge on any atom is 0.337 e. The van der Waals surface area contributed by atoms with Crippen molar-refractivity contribution in [3.8, 4) is 0 Å². The molecule has 0 aliphatic rings. The Morgan fingerprint density at radius 2 is 1.54 bits per heavy atom. The van der Waals surface area contributed by atoms with E-state index in [0.717, 1.165) is 5.56 Å². The van der Waals surface area contributed by atoms with Gasteiger partial charge in [0, 0.05) is 12.2 Å². The maximum atomic E-state index is 12.5. The molecule has 6 heteroatoms. The molecule has 0 saturated carbocycles. The van der Waals surface area contributed by atoms with Gasteiger partial charge in [-0.1, -0.05) is 30.3 Å². The van der Waals surface area contributed by atoms with E-state index in [1.165, 1.54) is 7.11 Å². The Bertz CT molecular complexity index is 783. The number of esters is 1. The van der Waals surface area contributed by atoms with Gasteiger partial charge in [-0.15, -0.1) is 0 Å². The lowest BCUT2D eigenvalue weighted by Gasteiger charge is -2.22. The van der Waals surface area contributed by atoms with Gasteiger partial charge in [0.1, 0.15) is 5.41 Å². The molecule has 2 aromatic rings. The van der Waals surface area contributed by atoms with E-state index in [1.54, 1.807) is 38.1 Å². The Kier molecular flexibility index (Phi) is 6.11. The van der Waals surface area contributed by atoms with Crippen molar-refractivity contribution in [1.29, 1.82) is 0 Å². The molecule has 0 aliphatic heterocycles. The van der Waals surface area contributed by atoms with Crippen LogP contribution >= 0.6 is 0 Å². The largest absolute Gasteiger partial charge is 0.465 e. The van der Waals surface area contributed by atoms with Crippen molar-refractivity contribution in [2.45, 2.75) is 20.4 Å². The summed E-state index contributed by atoms with van der Waals surface area (Å²) in [6.45, 7) is 3.47. The van der Waals surface area contributed by atoms with Crippen LogP contribution in [0.2, 0.25) is 0 Å². The zero-order valence-corrected chi connectivity index (χ0v) is 15.0. The second-order valence-electron chi connectivity index (χ2n) is 6.32. The Hall–Kier alpha value is -3.15. The molecule has 0 spiro atoms. The van der Waals surface area contributed by atoms with Crippen LogP contribution in [0.1, 0.15) is 29.8 Å². The van der Waals surface area contributed by atoms with E-state index >= 15 is 0 Å². The third-order valence-electron chi connectivity index (χ3n) is 4.00. The van der Waals surface area contributed by atoms with Crippen molar-refractivity contribution in [2.75, 3.05) is 12.4 Å². The van der Waals surface area contributed by atoms with Gasteiger partial charge >= 0.3 is 5.97 Å². The highest BCUT2D eigenvalue weighted by atomic mass is 16.5. The number of amides is 2. The highest BCUT2D eigenvalue weighted by molar-refractivity contribution is 6.09. The van der Waals surface area contributed by atoms with Gasteiger partial charge < -0.3 is 15.4 Å². The van der Waals surface area contributed by atoms with Gasteiger partial charge in [0.2, 0.25) is 11.8 Å². The standard InChI is InChI=1S/C20H22N2O4/c1-20(2,18(24)21-13-14-7-5-4-6-8-14)19(25)22-16-11-9-15(10-12-16)17(23)26-3/h4-12H,13H2,1-3H3,(H,21,24)(H,22,25). The first-order valence-electron chi connectivity index (χ1n) is 8.16. The lowest BCUT2D eigenvalue weighted by molar-refractivity contribution is -0.138. The maximum absolute atomic E-state index is 12.5. The van der Waals surface area contributed by atoms with Crippen LogP contribution in [-0.4, -0.2) is 24.9 Å². The third-order valence-corrected chi connectivity index (χ3v) is 4.00. The van der Waals surface area contributed by atoms with Crippen molar-refractivity contribution in [2.24, 2.45) is 5.41 Å². The number of nitrogens with one attached hydrogen (secondary N) is 2. The molecule has 2 aromatic carbocycles. The Balaban J connectivity index is 1.97. The minimum absolute atomic E-state index is 0.351. The second kappa shape index (κ2) is 8.29. The molecule has 0 radical (unpaired) electrons. The summed E-state index contributed by atoms with van der Waals surface area (Å²) in [7, 11) is 1.30. The average Bonchev–Trinajstić information content (AvgIpc) is 2.66. The summed E-state index contributed by atoms with van der Waals surface area (Å²) in [5.41, 5.74) is 0.572. The monoisotopic (exact) mass is 354 g/mol. The van der Waals surface area contributed by atoms with Crippen LogP contribution in [0.25, 0.3) is 0 Å². The second-order valence-corrected chi connectivity index (χ2v) is 6.32. The molecule has 6 nitrogen and oxygen atoms in total. The third kappa shape index (κ3) is 4.69. The van der Waals surface area contributed by atoms with E-state index in [4.69, 9.17) is 0 Å². The van der Waals surface area contributed by atoms with Crippen LogP contribution in [0.15, 0.2) is 54.6 Å².